The number of hydrogen-bond acceptors (Lipinski definition) is 3. The van der Waals surface area contributed by atoms with Crippen LogP contribution in [0, 0.1) is 5.92 Å². The van der Waals surface area contributed by atoms with Crippen molar-refractivity contribution in [2.24, 2.45) is 11.7 Å². The van der Waals surface area contributed by atoms with Gasteiger partial charge in [-0.15, -0.1) is 30.3 Å². The average Bonchev–Trinajstić information content (AvgIpc) is 2.88. The van der Waals surface area contributed by atoms with Crippen molar-refractivity contribution in [3.8, 4) is 0 Å². The molecular formula is C14H21ClN2OS. The zero-order valence-electron chi connectivity index (χ0n) is 11.2. The normalized spacial score (nSPS) is 24.4. The minimum absolute atomic E-state index is 0. The summed E-state index contributed by atoms with van der Waals surface area (Å²) in [6, 6.07) is 4.06. The highest BCUT2D eigenvalue weighted by Gasteiger charge is 2.61. The molecule has 106 valence electrons. The lowest BCUT2D eigenvalue weighted by molar-refractivity contribution is -0.133. The van der Waals surface area contributed by atoms with Crippen LogP contribution in [0.1, 0.15) is 18.2 Å². The highest BCUT2D eigenvalue weighted by atomic mass is 35.5. The molecule has 1 aromatic rings. The molecule has 0 aromatic carbocycles. The van der Waals surface area contributed by atoms with Gasteiger partial charge in [0, 0.05) is 18.0 Å². The van der Waals surface area contributed by atoms with Gasteiger partial charge < -0.3 is 10.6 Å². The molecule has 2 N–H and O–H groups in total. The minimum atomic E-state index is -0.345. The van der Waals surface area contributed by atoms with E-state index in [0.717, 1.165) is 17.8 Å². The van der Waals surface area contributed by atoms with Gasteiger partial charge in [-0.1, -0.05) is 12.1 Å². The van der Waals surface area contributed by atoms with Gasteiger partial charge in [0.1, 0.15) is 0 Å². The third-order valence-electron chi connectivity index (χ3n) is 3.75. The first-order valence-corrected chi connectivity index (χ1v) is 7.23. The Labute approximate surface area is 124 Å². The molecule has 1 aromatic heterocycles. The van der Waals surface area contributed by atoms with Crippen LogP contribution in [0.25, 0.3) is 0 Å². The highest BCUT2D eigenvalue weighted by Crippen LogP contribution is 2.56. The maximum absolute atomic E-state index is 12.7. The predicted octanol–water partition coefficient (Wildman–Crippen LogP) is 2.42. The van der Waals surface area contributed by atoms with Gasteiger partial charge in [-0.05, 0) is 37.3 Å². The maximum Gasteiger partial charge on any atom is 0.234 e. The number of nitrogens with two attached hydrogens (primary N) is 1. The van der Waals surface area contributed by atoms with Gasteiger partial charge in [0.05, 0.1) is 5.41 Å². The first-order valence-electron chi connectivity index (χ1n) is 6.35. The van der Waals surface area contributed by atoms with Crippen LogP contribution >= 0.6 is 23.7 Å². The summed E-state index contributed by atoms with van der Waals surface area (Å²) in [5, 5.41) is 2.03. The first-order chi connectivity index (χ1) is 8.70. The summed E-state index contributed by atoms with van der Waals surface area (Å²) >= 11 is 1.66. The van der Waals surface area contributed by atoms with Gasteiger partial charge in [-0.25, -0.2) is 0 Å². The van der Waals surface area contributed by atoms with Gasteiger partial charge in [0.15, 0.2) is 0 Å². The number of carbonyl (C=O) groups is 1. The Bertz CT molecular complexity index is 435. The van der Waals surface area contributed by atoms with Crippen molar-refractivity contribution >= 4 is 29.7 Å². The van der Waals surface area contributed by atoms with Gasteiger partial charge in [-0.3, -0.25) is 4.79 Å². The van der Waals surface area contributed by atoms with Gasteiger partial charge in [0.25, 0.3) is 0 Å². The fourth-order valence-electron chi connectivity index (χ4n) is 2.61. The van der Waals surface area contributed by atoms with Crippen LogP contribution in [0.3, 0.4) is 0 Å². The summed E-state index contributed by atoms with van der Waals surface area (Å²) < 4.78 is 0. The molecular weight excluding hydrogens is 280 g/mol. The number of likely N-dealkylation sites (N-methyl/N-ethyl adjacent to an activating group) is 1. The van der Waals surface area contributed by atoms with E-state index in [-0.39, 0.29) is 23.7 Å². The third-order valence-corrected chi connectivity index (χ3v) is 4.80. The lowest BCUT2D eigenvalue weighted by Gasteiger charge is -2.25. The summed E-state index contributed by atoms with van der Waals surface area (Å²) in [5.41, 5.74) is 5.44. The molecule has 2 rings (SSSR count). The number of rotatable bonds is 6. The Hall–Kier alpha value is -0.840. The number of halogens is 1. The largest absolute Gasteiger partial charge is 0.338 e. The lowest BCUT2D eigenvalue weighted by atomic mass is 9.99. The Kier molecular flexibility index (Phi) is 5.59. The second kappa shape index (κ2) is 6.55. The first kappa shape index (κ1) is 16.2. The molecule has 1 amide bonds. The standard InChI is InChI=1S/C14H20N2OS.ClH/c1-3-7-16(4-2)13(17)14(9-11(14)10-15)12-6-5-8-18-12;/h3,5-6,8,11H,1,4,7,9-10,15H2,2H3;1H/t11-,14-;/m0./s1. The Morgan fingerprint density at radius 1 is 1.74 bits per heavy atom. The van der Waals surface area contributed by atoms with Crippen LogP contribution in [0.5, 0.6) is 0 Å². The van der Waals surface area contributed by atoms with Crippen molar-refractivity contribution in [3.63, 3.8) is 0 Å². The predicted molar refractivity (Wildman–Crippen MR) is 82.9 cm³/mol. The molecule has 3 nitrogen and oxygen atoms in total. The Morgan fingerprint density at radius 3 is 2.89 bits per heavy atom. The molecule has 0 bridgehead atoms. The highest BCUT2D eigenvalue weighted by molar-refractivity contribution is 7.10. The molecule has 0 unspecified atom stereocenters. The van der Waals surface area contributed by atoms with E-state index in [1.165, 1.54) is 0 Å². The van der Waals surface area contributed by atoms with Gasteiger partial charge in [-0.2, -0.15) is 0 Å². The van der Waals surface area contributed by atoms with Crippen molar-refractivity contribution in [1.82, 2.24) is 4.90 Å². The molecule has 0 spiro atoms. The molecule has 0 aliphatic heterocycles. The molecule has 1 fully saturated rings. The van der Waals surface area contributed by atoms with Crippen LogP contribution < -0.4 is 5.73 Å². The monoisotopic (exact) mass is 300 g/mol. The molecule has 19 heavy (non-hydrogen) atoms. The lowest BCUT2D eigenvalue weighted by Crippen LogP contribution is -2.40. The SMILES string of the molecule is C=CCN(CC)C(=O)[C@@]1(c2cccs2)C[C@H]1CN.Cl. The van der Waals surface area contributed by atoms with Crippen molar-refractivity contribution in [3.05, 3.63) is 35.0 Å². The molecule has 5 heteroatoms. The topological polar surface area (TPSA) is 46.3 Å². The summed E-state index contributed by atoms with van der Waals surface area (Å²) in [6.07, 6.45) is 2.67. The maximum atomic E-state index is 12.7. The van der Waals surface area contributed by atoms with Crippen molar-refractivity contribution in [2.45, 2.75) is 18.8 Å². The van der Waals surface area contributed by atoms with E-state index >= 15 is 0 Å². The van der Waals surface area contributed by atoms with Gasteiger partial charge >= 0.3 is 0 Å². The smallest absolute Gasteiger partial charge is 0.234 e. The molecule has 1 saturated carbocycles. The van der Waals surface area contributed by atoms with Crippen LogP contribution in [-0.4, -0.2) is 30.4 Å². The summed E-state index contributed by atoms with van der Waals surface area (Å²) in [5.74, 6) is 0.505. The van der Waals surface area contributed by atoms with E-state index < -0.39 is 0 Å². The van der Waals surface area contributed by atoms with E-state index in [4.69, 9.17) is 5.73 Å². The molecule has 1 aliphatic rings. The quantitative estimate of drug-likeness (QED) is 0.820. The number of carbonyl (C=O) groups excluding carboxylic acids is 1. The number of nitrogens with zero attached hydrogens (tertiary/aromatic N) is 1. The van der Waals surface area contributed by atoms with Gasteiger partial charge in [0.2, 0.25) is 5.91 Å². The Morgan fingerprint density at radius 2 is 2.47 bits per heavy atom. The summed E-state index contributed by atoms with van der Waals surface area (Å²) in [7, 11) is 0. The second-order valence-electron chi connectivity index (χ2n) is 4.72. The fourth-order valence-corrected chi connectivity index (χ4v) is 3.62. The minimum Gasteiger partial charge on any atom is -0.338 e. The van der Waals surface area contributed by atoms with E-state index in [0.29, 0.717) is 19.0 Å². The average molecular weight is 301 g/mol. The second-order valence-corrected chi connectivity index (χ2v) is 5.67. The molecule has 0 saturated heterocycles. The zero-order chi connectivity index (χ0) is 13.2. The molecule has 2 atom stereocenters. The summed E-state index contributed by atoms with van der Waals surface area (Å²) in [4.78, 5) is 15.8. The fraction of sp³-hybridized carbons (Fsp3) is 0.500. The van der Waals surface area contributed by atoms with E-state index in [1.54, 1.807) is 17.4 Å². The van der Waals surface area contributed by atoms with E-state index in [9.17, 15) is 4.79 Å². The number of hydrogen-bond donors (Lipinski definition) is 1. The van der Waals surface area contributed by atoms with Crippen LogP contribution in [0.2, 0.25) is 0 Å². The van der Waals surface area contributed by atoms with Crippen molar-refractivity contribution in [1.29, 1.82) is 0 Å². The van der Waals surface area contributed by atoms with Crippen molar-refractivity contribution in [2.75, 3.05) is 19.6 Å². The van der Waals surface area contributed by atoms with Crippen LogP contribution in [0.15, 0.2) is 30.2 Å². The third kappa shape index (κ3) is 2.71. The molecule has 1 heterocycles. The van der Waals surface area contributed by atoms with E-state index in [1.807, 2.05) is 23.3 Å². The number of amides is 1. The molecule has 1 aliphatic carbocycles. The zero-order valence-corrected chi connectivity index (χ0v) is 12.8. The molecule has 0 radical (unpaired) electrons. The van der Waals surface area contributed by atoms with Crippen LogP contribution in [-0.2, 0) is 10.2 Å². The van der Waals surface area contributed by atoms with E-state index in [2.05, 4.69) is 12.6 Å². The Balaban J connectivity index is 0.00000180. The number of thiophene rings is 1. The van der Waals surface area contributed by atoms with Crippen molar-refractivity contribution < 1.29 is 4.79 Å². The van der Waals surface area contributed by atoms with Crippen LogP contribution in [0.4, 0.5) is 0 Å². The summed E-state index contributed by atoms with van der Waals surface area (Å²) in [6.45, 7) is 7.63.